The molecular weight excluding hydrogens is 437 g/mol. The molecule has 0 amide bonds. The SMILES string of the molecule is [C-]#[N+]c1ccc(N2CCc3c(ncnc3Nc3ccc(C(=O)OC)cn3)C2)cc1C(F)(F)F. The van der Waals surface area contributed by atoms with Crippen LogP contribution in [0, 0.1) is 6.57 Å². The van der Waals surface area contributed by atoms with Gasteiger partial charge in [0.15, 0.2) is 5.69 Å². The summed E-state index contributed by atoms with van der Waals surface area (Å²) in [5.41, 5.74) is 0.809. The second-order valence-electron chi connectivity index (χ2n) is 7.18. The number of ether oxygens (including phenoxy) is 1. The van der Waals surface area contributed by atoms with Crippen LogP contribution in [0.5, 0.6) is 0 Å². The third kappa shape index (κ3) is 4.55. The zero-order valence-electron chi connectivity index (χ0n) is 17.3. The molecule has 0 fully saturated rings. The van der Waals surface area contributed by atoms with Gasteiger partial charge in [-0.15, -0.1) is 0 Å². The standard InChI is InChI=1S/C22H17F3N6O2/c1-26-17-5-4-14(9-16(17)22(23,24)25)31-8-7-15-18(11-31)28-12-29-20(15)30-19-6-3-13(10-27-19)21(32)33-2/h3-6,9-10,12H,7-8,11H2,2H3,(H,27,28,29,30). The van der Waals surface area contributed by atoms with Crippen molar-refractivity contribution in [1.29, 1.82) is 0 Å². The van der Waals surface area contributed by atoms with E-state index in [4.69, 9.17) is 6.57 Å². The van der Waals surface area contributed by atoms with Crippen LogP contribution in [0.2, 0.25) is 0 Å². The van der Waals surface area contributed by atoms with E-state index >= 15 is 0 Å². The Bertz CT molecular complexity index is 1240. The van der Waals surface area contributed by atoms with Crippen LogP contribution in [0.4, 0.5) is 36.2 Å². The first-order chi connectivity index (χ1) is 15.8. The van der Waals surface area contributed by atoms with Gasteiger partial charge in [-0.2, -0.15) is 13.2 Å². The Balaban J connectivity index is 1.56. The Kier molecular flexibility index (Phi) is 5.83. The van der Waals surface area contributed by atoms with Gasteiger partial charge >= 0.3 is 12.1 Å². The Hall–Kier alpha value is -4.20. The van der Waals surface area contributed by atoms with Gasteiger partial charge in [0.1, 0.15) is 18.0 Å². The number of methoxy groups -OCH3 is 1. The highest BCUT2D eigenvalue weighted by atomic mass is 19.4. The third-order valence-corrected chi connectivity index (χ3v) is 5.21. The number of aromatic nitrogens is 3. The maximum atomic E-state index is 13.3. The summed E-state index contributed by atoms with van der Waals surface area (Å²) in [6, 6.07) is 6.90. The van der Waals surface area contributed by atoms with Crippen LogP contribution < -0.4 is 10.2 Å². The van der Waals surface area contributed by atoms with Crippen LogP contribution in [0.25, 0.3) is 4.85 Å². The molecule has 0 spiro atoms. The lowest BCUT2D eigenvalue weighted by Gasteiger charge is -2.31. The number of benzene rings is 1. The molecular formula is C22H17F3N6O2. The second-order valence-corrected chi connectivity index (χ2v) is 7.18. The minimum Gasteiger partial charge on any atom is -0.465 e. The third-order valence-electron chi connectivity index (χ3n) is 5.21. The van der Waals surface area contributed by atoms with Crippen LogP contribution in [-0.4, -0.2) is 34.6 Å². The average molecular weight is 454 g/mol. The fourth-order valence-corrected chi connectivity index (χ4v) is 3.56. The van der Waals surface area contributed by atoms with Crippen LogP contribution >= 0.6 is 0 Å². The zero-order valence-corrected chi connectivity index (χ0v) is 17.3. The fraction of sp³-hybridized carbons (Fsp3) is 0.227. The lowest BCUT2D eigenvalue weighted by molar-refractivity contribution is -0.136. The molecule has 0 saturated carbocycles. The molecule has 1 aliphatic heterocycles. The molecule has 0 bridgehead atoms. The summed E-state index contributed by atoms with van der Waals surface area (Å²) in [4.78, 5) is 29.1. The lowest BCUT2D eigenvalue weighted by Crippen LogP contribution is -2.32. The number of rotatable bonds is 4. The molecule has 3 heterocycles. The minimum absolute atomic E-state index is 0.288. The molecule has 0 unspecified atom stereocenters. The molecule has 168 valence electrons. The molecule has 1 aliphatic rings. The topological polar surface area (TPSA) is 84.6 Å². The monoisotopic (exact) mass is 454 g/mol. The highest BCUT2D eigenvalue weighted by Gasteiger charge is 2.34. The number of anilines is 3. The molecule has 33 heavy (non-hydrogen) atoms. The van der Waals surface area contributed by atoms with E-state index < -0.39 is 23.4 Å². The molecule has 1 aromatic carbocycles. The average Bonchev–Trinajstić information content (AvgIpc) is 2.83. The summed E-state index contributed by atoms with van der Waals surface area (Å²) in [7, 11) is 1.29. The van der Waals surface area contributed by atoms with Gasteiger partial charge in [-0.3, -0.25) is 0 Å². The molecule has 1 N–H and O–H groups in total. The van der Waals surface area contributed by atoms with Gasteiger partial charge in [0, 0.05) is 24.0 Å². The molecule has 0 aliphatic carbocycles. The predicted molar refractivity (Wildman–Crippen MR) is 113 cm³/mol. The summed E-state index contributed by atoms with van der Waals surface area (Å²) >= 11 is 0. The molecule has 0 radical (unpaired) electrons. The van der Waals surface area contributed by atoms with Crippen LogP contribution in [0.3, 0.4) is 0 Å². The smallest absolute Gasteiger partial charge is 0.407 e. The summed E-state index contributed by atoms with van der Waals surface area (Å²) in [5, 5.41) is 3.10. The van der Waals surface area contributed by atoms with Crippen molar-refractivity contribution in [1.82, 2.24) is 15.0 Å². The Morgan fingerprint density at radius 3 is 2.70 bits per heavy atom. The lowest BCUT2D eigenvalue weighted by atomic mass is 10.0. The van der Waals surface area contributed by atoms with Crippen molar-refractivity contribution >= 4 is 29.0 Å². The molecule has 0 saturated heterocycles. The maximum Gasteiger partial charge on any atom is 0.407 e. The Morgan fingerprint density at radius 2 is 2.03 bits per heavy atom. The number of hydrogen-bond acceptors (Lipinski definition) is 7. The number of esters is 1. The number of halogens is 3. The maximum absolute atomic E-state index is 13.3. The van der Waals surface area contributed by atoms with E-state index in [9.17, 15) is 18.0 Å². The van der Waals surface area contributed by atoms with E-state index in [0.717, 1.165) is 11.6 Å². The van der Waals surface area contributed by atoms with Crippen LogP contribution in [0.1, 0.15) is 27.2 Å². The summed E-state index contributed by atoms with van der Waals surface area (Å²) in [5.74, 6) is 0.513. The number of hydrogen-bond donors (Lipinski definition) is 1. The number of carbonyl (C=O) groups is 1. The summed E-state index contributed by atoms with van der Waals surface area (Å²) in [6.45, 7) is 7.72. The summed E-state index contributed by atoms with van der Waals surface area (Å²) in [6.07, 6.45) is -1.37. The molecule has 4 rings (SSSR count). The highest BCUT2D eigenvalue weighted by molar-refractivity contribution is 5.89. The largest absolute Gasteiger partial charge is 0.465 e. The molecule has 11 heteroatoms. The Morgan fingerprint density at radius 1 is 1.21 bits per heavy atom. The minimum atomic E-state index is -4.61. The van der Waals surface area contributed by atoms with Crippen molar-refractivity contribution in [3.05, 3.63) is 76.7 Å². The van der Waals surface area contributed by atoms with E-state index in [1.165, 1.54) is 31.8 Å². The normalized spacial score (nSPS) is 13.1. The first-order valence-electron chi connectivity index (χ1n) is 9.78. The van der Waals surface area contributed by atoms with E-state index in [1.54, 1.807) is 17.0 Å². The van der Waals surface area contributed by atoms with Gasteiger partial charge in [-0.05, 0) is 30.7 Å². The second kappa shape index (κ2) is 8.74. The first kappa shape index (κ1) is 22.0. The van der Waals surface area contributed by atoms with E-state index in [-0.39, 0.29) is 6.54 Å². The van der Waals surface area contributed by atoms with Gasteiger partial charge in [-0.25, -0.2) is 24.6 Å². The number of alkyl halides is 3. The molecule has 2 aromatic heterocycles. The molecule has 3 aromatic rings. The first-order valence-corrected chi connectivity index (χ1v) is 9.78. The summed E-state index contributed by atoms with van der Waals surface area (Å²) < 4.78 is 44.7. The van der Waals surface area contributed by atoms with E-state index in [0.29, 0.717) is 41.5 Å². The predicted octanol–water partition coefficient (Wildman–Crippen LogP) is 4.53. The van der Waals surface area contributed by atoms with Crippen molar-refractivity contribution in [2.75, 3.05) is 23.9 Å². The van der Waals surface area contributed by atoms with Gasteiger partial charge in [0.05, 0.1) is 37.0 Å². The Labute approximate surface area is 186 Å². The van der Waals surface area contributed by atoms with E-state index in [2.05, 4.69) is 29.9 Å². The highest BCUT2D eigenvalue weighted by Crippen LogP contribution is 2.39. The van der Waals surface area contributed by atoms with E-state index in [1.807, 2.05) is 0 Å². The van der Waals surface area contributed by atoms with Crippen LogP contribution in [0.15, 0.2) is 42.9 Å². The number of carbonyl (C=O) groups excluding carboxylic acids is 1. The van der Waals surface area contributed by atoms with Crippen LogP contribution in [-0.2, 0) is 23.9 Å². The van der Waals surface area contributed by atoms with Gasteiger partial charge in [-0.1, -0.05) is 6.07 Å². The number of pyridine rings is 1. The number of nitrogens with one attached hydrogen (secondary N) is 1. The molecule has 8 nitrogen and oxygen atoms in total. The van der Waals surface area contributed by atoms with Crippen molar-refractivity contribution < 1.29 is 22.7 Å². The zero-order chi connectivity index (χ0) is 23.6. The molecule has 0 atom stereocenters. The quantitative estimate of drug-likeness (QED) is 0.458. The fourth-order valence-electron chi connectivity index (χ4n) is 3.56. The number of fused-ring (bicyclic) bond motifs is 1. The van der Waals surface area contributed by atoms with Crippen molar-refractivity contribution in [3.8, 4) is 0 Å². The van der Waals surface area contributed by atoms with Gasteiger partial charge in [0.2, 0.25) is 0 Å². The van der Waals surface area contributed by atoms with Gasteiger partial charge < -0.3 is 15.0 Å². The van der Waals surface area contributed by atoms with Crippen molar-refractivity contribution in [2.24, 2.45) is 0 Å². The number of nitrogens with zero attached hydrogens (tertiary/aromatic N) is 5. The van der Waals surface area contributed by atoms with Crippen molar-refractivity contribution in [3.63, 3.8) is 0 Å². The van der Waals surface area contributed by atoms with Crippen molar-refractivity contribution in [2.45, 2.75) is 19.1 Å². The van der Waals surface area contributed by atoms with Gasteiger partial charge in [0.25, 0.3) is 0 Å².